The van der Waals surface area contributed by atoms with Crippen LogP contribution in [0.5, 0.6) is 0 Å². The Kier molecular flexibility index (Phi) is 2.15. The molecule has 1 saturated carbocycles. The van der Waals surface area contributed by atoms with Gasteiger partial charge in [-0.15, -0.1) is 0 Å². The molecule has 1 aliphatic carbocycles. The maximum atomic E-state index is 10.4. The summed E-state index contributed by atoms with van der Waals surface area (Å²) in [4.78, 5) is 10.4. The average molecular weight is 191 g/mol. The summed E-state index contributed by atoms with van der Waals surface area (Å²) in [7, 11) is 0. The molecule has 2 N–H and O–H groups in total. The van der Waals surface area contributed by atoms with E-state index in [1.807, 2.05) is 19.1 Å². The standard InChI is InChI=1S/C11H13NO2/c1-7-3-2-4-8(5-7)9-6-10(9)12-11(13)14/h2-5,9-10,12H,6H2,1H3,(H,13,14). The Labute approximate surface area is 82.8 Å². The second kappa shape index (κ2) is 3.33. The molecule has 0 aliphatic heterocycles. The summed E-state index contributed by atoms with van der Waals surface area (Å²) >= 11 is 0. The molecule has 0 aromatic heterocycles. The molecule has 0 heterocycles. The van der Waals surface area contributed by atoms with Gasteiger partial charge in [0.05, 0.1) is 0 Å². The maximum Gasteiger partial charge on any atom is 0.404 e. The zero-order valence-corrected chi connectivity index (χ0v) is 8.03. The number of nitrogens with one attached hydrogen (secondary N) is 1. The van der Waals surface area contributed by atoms with Gasteiger partial charge >= 0.3 is 6.09 Å². The average Bonchev–Trinajstić information content (AvgIpc) is 2.82. The lowest BCUT2D eigenvalue weighted by molar-refractivity contribution is 0.193. The SMILES string of the molecule is Cc1cccc(C2CC2NC(=O)O)c1. The quantitative estimate of drug-likeness (QED) is 0.752. The van der Waals surface area contributed by atoms with Gasteiger partial charge in [-0.3, -0.25) is 0 Å². The smallest absolute Gasteiger partial charge is 0.404 e. The van der Waals surface area contributed by atoms with E-state index < -0.39 is 6.09 Å². The number of benzene rings is 1. The molecule has 14 heavy (non-hydrogen) atoms. The molecular weight excluding hydrogens is 178 g/mol. The first kappa shape index (κ1) is 9.06. The van der Waals surface area contributed by atoms with Crippen LogP contribution >= 0.6 is 0 Å². The summed E-state index contributed by atoms with van der Waals surface area (Å²) in [6.45, 7) is 2.05. The summed E-state index contributed by atoms with van der Waals surface area (Å²) in [6, 6.07) is 8.36. The predicted molar refractivity (Wildman–Crippen MR) is 53.5 cm³/mol. The van der Waals surface area contributed by atoms with Gasteiger partial charge in [0.1, 0.15) is 0 Å². The number of amides is 1. The van der Waals surface area contributed by atoms with E-state index in [1.54, 1.807) is 0 Å². The van der Waals surface area contributed by atoms with Crippen molar-refractivity contribution in [3.8, 4) is 0 Å². The normalized spacial score (nSPS) is 24.4. The van der Waals surface area contributed by atoms with Crippen molar-refractivity contribution in [3.05, 3.63) is 35.4 Å². The number of rotatable bonds is 2. The van der Waals surface area contributed by atoms with Gasteiger partial charge in [-0.2, -0.15) is 0 Å². The summed E-state index contributed by atoms with van der Waals surface area (Å²) in [5.74, 6) is 0.381. The third-order valence-corrected chi connectivity index (χ3v) is 2.57. The molecule has 3 nitrogen and oxygen atoms in total. The minimum absolute atomic E-state index is 0.120. The molecule has 2 rings (SSSR count). The highest BCUT2D eigenvalue weighted by atomic mass is 16.4. The maximum absolute atomic E-state index is 10.4. The van der Waals surface area contributed by atoms with E-state index in [2.05, 4.69) is 17.4 Å². The highest BCUT2D eigenvalue weighted by Crippen LogP contribution is 2.40. The Balaban J connectivity index is 2.02. The first-order valence-corrected chi connectivity index (χ1v) is 4.73. The summed E-state index contributed by atoms with van der Waals surface area (Å²) in [5, 5.41) is 11.0. The van der Waals surface area contributed by atoms with Crippen LogP contribution in [0, 0.1) is 6.92 Å². The molecule has 0 radical (unpaired) electrons. The van der Waals surface area contributed by atoms with Gasteiger partial charge in [0.2, 0.25) is 0 Å². The van der Waals surface area contributed by atoms with Crippen molar-refractivity contribution in [2.24, 2.45) is 0 Å². The highest BCUT2D eigenvalue weighted by Gasteiger charge is 2.39. The van der Waals surface area contributed by atoms with Crippen LogP contribution in [-0.4, -0.2) is 17.2 Å². The van der Waals surface area contributed by atoms with Crippen LogP contribution in [-0.2, 0) is 0 Å². The predicted octanol–water partition coefficient (Wildman–Crippen LogP) is 2.12. The van der Waals surface area contributed by atoms with Crippen LogP contribution in [0.15, 0.2) is 24.3 Å². The van der Waals surface area contributed by atoms with Gasteiger partial charge in [0.15, 0.2) is 0 Å². The Bertz CT molecular complexity index is 362. The molecule has 1 aromatic carbocycles. The molecule has 1 fully saturated rings. The molecule has 2 unspecified atom stereocenters. The van der Waals surface area contributed by atoms with Gasteiger partial charge in [-0.25, -0.2) is 4.79 Å². The van der Waals surface area contributed by atoms with Crippen LogP contribution in [0.3, 0.4) is 0 Å². The van der Waals surface area contributed by atoms with E-state index in [0.717, 1.165) is 6.42 Å². The van der Waals surface area contributed by atoms with Gasteiger partial charge in [-0.1, -0.05) is 29.8 Å². The zero-order valence-electron chi connectivity index (χ0n) is 8.03. The van der Waals surface area contributed by atoms with Gasteiger partial charge in [0, 0.05) is 12.0 Å². The number of hydrogen-bond donors (Lipinski definition) is 2. The molecular formula is C11H13NO2. The zero-order chi connectivity index (χ0) is 10.1. The van der Waals surface area contributed by atoms with E-state index in [0.29, 0.717) is 5.92 Å². The van der Waals surface area contributed by atoms with Crippen LogP contribution in [0.1, 0.15) is 23.5 Å². The third-order valence-electron chi connectivity index (χ3n) is 2.57. The lowest BCUT2D eigenvalue weighted by Gasteiger charge is -2.01. The Morgan fingerprint density at radius 1 is 1.57 bits per heavy atom. The number of carboxylic acid groups (broad SMARTS) is 1. The molecule has 1 aliphatic rings. The van der Waals surface area contributed by atoms with Crippen LogP contribution in [0.25, 0.3) is 0 Å². The molecule has 2 atom stereocenters. The topological polar surface area (TPSA) is 49.3 Å². The van der Waals surface area contributed by atoms with Crippen molar-refractivity contribution in [3.63, 3.8) is 0 Å². The summed E-state index contributed by atoms with van der Waals surface area (Å²) in [6.07, 6.45) is 0.000558. The van der Waals surface area contributed by atoms with Crippen LogP contribution in [0.4, 0.5) is 4.79 Å². The van der Waals surface area contributed by atoms with Gasteiger partial charge < -0.3 is 10.4 Å². The van der Waals surface area contributed by atoms with Crippen molar-refractivity contribution in [1.29, 1.82) is 0 Å². The Hall–Kier alpha value is -1.51. The fraction of sp³-hybridized carbons (Fsp3) is 0.364. The fourth-order valence-electron chi connectivity index (χ4n) is 1.78. The monoisotopic (exact) mass is 191 g/mol. The Morgan fingerprint density at radius 3 is 3.00 bits per heavy atom. The van der Waals surface area contributed by atoms with Gasteiger partial charge in [-0.05, 0) is 18.9 Å². The third kappa shape index (κ3) is 1.87. The molecule has 74 valence electrons. The molecule has 0 bridgehead atoms. The number of aryl methyl sites for hydroxylation is 1. The lowest BCUT2D eigenvalue weighted by atomic mass is 10.1. The van der Waals surface area contributed by atoms with E-state index in [9.17, 15) is 4.79 Å². The second-order valence-corrected chi connectivity index (χ2v) is 3.81. The molecule has 1 aromatic rings. The van der Waals surface area contributed by atoms with E-state index in [-0.39, 0.29) is 6.04 Å². The molecule has 3 heteroatoms. The largest absolute Gasteiger partial charge is 0.465 e. The second-order valence-electron chi connectivity index (χ2n) is 3.81. The lowest BCUT2D eigenvalue weighted by Crippen LogP contribution is -2.24. The van der Waals surface area contributed by atoms with E-state index in [1.165, 1.54) is 11.1 Å². The van der Waals surface area contributed by atoms with E-state index in [4.69, 9.17) is 5.11 Å². The van der Waals surface area contributed by atoms with Crippen molar-refractivity contribution < 1.29 is 9.90 Å². The van der Waals surface area contributed by atoms with Crippen molar-refractivity contribution in [1.82, 2.24) is 5.32 Å². The first-order chi connectivity index (χ1) is 6.66. The van der Waals surface area contributed by atoms with Crippen LogP contribution < -0.4 is 5.32 Å². The fourth-order valence-corrected chi connectivity index (χ4v) is 1.78. The first-order valence-electron chi connectivity index (χ1n) is 4.73. The van der Waals surface area contributed by atoms with E-state index >= 15 is 0 Å². The van der Waals surface area contributed by atoms with Gasteiger partial charge in [0.25, 0.3) is 0 Å². The molecule has 1 amide bonds. The molecule has 0 spiro atoms. The minimum atomic E-state index is -0.926. The van der Waals surface area contributed by atoms with Crippen molar-refractivity contribution in [2.75, 3.05) is 0 Å². The molecule has 0 saturated heterocycles. The Morgan fingerprint density at radius 2 is 2.36 bits per heavy atom. The summed E-state index contributed by atoms with van der Waals surface area (Å²) in [5.41, 5.74) is 2.47. The highest BCUT2D eigenvalue weighted by molar-refractivity contribution is 5.65. The van der Waals surface area contributed by atoms with Crippen molar-refractivity contribution >= 4 is 6.09 Å². The number of carbonyl (C=O) groups is 1. The summed E-state index contributed by atoms with van der Waals surface area (Å²) < 4.78 is 0. The minimum Gasteiger partial charge on any atom is -0.465 e. The van der Waals surface area contributed by atoms with Crippen LogP contribution in [0.2, 0.25) is 0 Å². The number of hydrogen-bond acceptors (Lipinski definition) is 1. The van der Waals surface area contributed by atoms with Crippen molar-refractivity contribution in [2.45, 2.75) is 25.3 Å².